The number of ether oxygens (including phenoxy) is 1. The van der Waals surface area contributed by atoms with Crippen LogP contribution >= 0.6 is 0 Å². The van der Waals surface area contributed by atoms with Crippen molar-refractivity contribution in [2.24, 2.45) is 58.2 Å². The van der Waals surface area contributed by atoms with E-state index in [2.05, 4.69) is 41.5 Å². The first-order valence-corrected chi connectivity index (χ1v) is 14.9. The lowest BCUT2D eigenvalue weighted by atomic mass is 9.44. The zero-order valence-electron chi connectivity index (χ0n) is 23.2. The van der Waals surface area contributed by atoms with E-state index in [0.29, 0.717) is 16.7 Å². The smallest absolute Gasteiger partial charge is 0.332 e. The van der Waals surface area contributed by atoms with E-state index in [1.807, 2.05) is 0 Å². The minimum atomic E-state index is -0.487. The fourth-order valence-corrected chi connectivity index (χ4v) is 10.2. The number of carbonyl (C=O) groups excluding carboxylic acids is 1. The van der Waals surface area contributed by atoms with Gasteiger partial charge in [-0.3, -0.25) is 0 Å². The molecule has 10 atom stereocenters. The fourth-order valence-electron chi connectivity index (χ4n) is 10.2. The maximum absolute atomic E-state index is 11.7. The number of carbonyl (C=O) groups is 1. The van der Waals surface area contributed by atoms with Crippen molar-refractivity contribution in [1.29, 1.82) is 0 Å². The molecule has 4 fully saturated rings. The number of aliphatic hydroxyl groups excluding tert-OH is 1. The molecule has 0 bridgehead atoms. The standard InChI is InChI=1S/C31H54O3/c1-7-22(20(2)3)9-8-21(4)26-12-13-27-25-11-10-23-18-24(34-29(33)19-32)14-16-30(23,5)28(25)15-17-31(26,27)6/h20-28,32H,7-19H2,1-6H3/t21-,22-,23?,24+,25+,26-,27+,28+,30+,31-/m1/s1. The molecule has 4 aliphatic carbocycles. The van der Waals surface area contributed by atoms with E-state index in [1.165, 1.54) is 64.2 Å². The van der Waals surface area contributed by atoms with E-state index in [0.717, 1.165) is 54.3 Å². The van der Waals surface area contributed by atoms with Crippen LogP contribution in [-0.4, -0.2) is 23.8 Å². The summed E-state index contributed by atoms with van der Waals surface area (Å²) in [5.74, 6) is 6.43. The molecular formula is C31H54O3. The predicted molar refractivity (Wildman–Crippen MR) is 139 cm³/mol. The van der Waals surface area contributed by atoms with Crippen LogP contribution in [0.5, 0.6) is 0 Å². The van der Waals surface area contributed by atoms with Crippen molar-refractivity contribution in [2.75, 3.05) is 6.61 Å². The number of aliphatic hydroxyl groups is 1. The summed E-state index contributed by atoms with van der Waals surface area (Å²) in [6.07, 6.45) is 15.9. The highest BCUT2D eigenvalue weighted by Gasteiger charge is 2.60. The second-order valence-corrected chi connectivity index (χ2v) is 13.9. The Balaban J connectivity index is 1.41. The molecule has 0 heterocycles. The number of hydrogen-bond donors (Lipinski definition) is 1. The quantitative estimate of drug-likeness (QED) is 0.367. The number of rotatable bonds is 8. The summed E-state index contributed by atoms with van der Waals surface area (Å²) in [6, 6.07) is 0. The van der Waals surface area contributed by atoms with Gasteiger partial charge in [0, 0.05) is 0 Å². The zero-order valence-corrected chi connectivity index (χ0v) is 23.2. The SMILES string of the molecule is CC[C@H](CC[C@@H](C)[C@H]1CC[C@H]2[C@@H]3CCC4C[C@@H](OC(=O)CO)CC[C@]4(C)[C@H]3CC[C@]12C)C(C)C. The Labute approximate surface area is 210 Å². The molecular weight excluding hydrogens is 420 g/mol. The molecule has 0 saturated heterocycles. The van der Waals surface area contributed by atoms with Gasteiger partial charge in [0.15, 0.2) is 0 Å². The van der Waals surface area contributed by atoms with Crippen molar-refractivity contribution >= 4 is 5.97 Å². The molecule has 0 radical (unpaired) electrons. The lowest BCUT2D eigenvalue weighted by Crippen LogP contribution is -2.54. The van der Waals surface area contributed by atoms with Gasteiger partial charge in [-0.15, -0.1) is 0 Å². The predicted octanol–water partition coefficient (Wildman–Crippen LogP) is 7.65. The molecule has 3 nitrogen and oxygen atoms in total. The molecule has 0 aromatic heterocycles. The highest BCUT2D eigenvalue weighted by Crippen LogP contribution is 2.68. The summed E-state index contributed by atoms with van der Waals surface area (Å²) >= 11 is 0. The van der Waals surface area contributed by atoms with Crippen LogP contribution in [0.3, 0.4) is 0 Å². The Hall–Kier alpha value is -0.570. The van der Waals surface area contributed by atoms with Gasteiger partial charge in [-0.1, -0.05) is 54.4 Å². The first kappa shape index (κ1) is 26.5. The van der Waals surface area contributed by atoms with Crippen molar-refractivity contribution in [1.82, 2.24) is 0 Å². The van der Waals surface area contributed by atoms with Gasteiger partial charge in [0.2, 0.25) is 0 Å². The van der Waals surface area contributed by atoms with Gasteiger partial charge in [0.1, 0.15) is 12.7 Å². The first-order valence-electron chi connectivity index (χ1n) is 14.9. The van der Waals surface area contributed by atoms with Crippen LogP contribution in [0, 0.1) is 58.2 Å². The maximum atomic E-state index is 11.7. The highest BCUT2D eigenvalue weighted by atomic mass is 16.6. The number of fused-ring (bicyclic) bond motifs is 5. The summed E-state index contributed by atoms with van der Waals surface area (Å²) in [7, 11) is 0. The van der Waals surface area contributed by atoms with Crippen molar-refractivity contribution in [3.8, 4) is 0 Å². The largest absolute Gasteiger partial charge is 0.461 e. The summed E-state index contributed by atoms with van der Waals surface area (Å²) in [4.78, 5) is 11.7. The van der Waals surface area contributed by atoms with Crippen molar-refractivity contribution in [3.05, 3.63) is 0 Å². The summed E-state index contributed by atoms with van der Waals surface area (Å²) in [5, 5.41) is 9.10. The maximum Gasteiger partial charge on any atom is 0.332 e. The second kappa shape index (κ2) is 10.4. The number of esters is 1. The highest BCUT2D eigenvalue weighted by molar-refractivity contribution is 5.70. The Morgan fingerprint density at radius 1 is 0.941 bits per heavy atom. The molecule has 0 aromatic carbocycles. The van der Waals surface area contributed by atoms with Crippen LogP contribution in [0.25, 0.3) is 0 Å². The fraction of sp³-hybridized carbons (Fsp3) is 0.968. The van der Waals surface area contributed by atoms with Crippen molar-refractivity contribution < 1.29 is 14.6 Å². The van der Waals surface area contributed by atoms with Crippen LogP contribution < -0.4 is 0 Å². The van der Waals surface area contributed by atoms with Crippen LogP contribution in [-0.2, 0) is 9.53 Å². The molecule has 1 unspecified atom stereocenters. The van der Waals surface area contributed by atoms with E-state index < -0.39 is 12.6 Å². The van der Waals surface area contributed by atoms with Gasteiger partial charge in [-0.2, -0.15) is 0 Å². The van der Waals surface area contributed by atoms with Crippen molar-refractivity contribution in [2.45, 2.75) is 125 Å². The molecule has 0 amide bonds. The third-order valence-corrected chi connectivity index (χ3v) is 12.3. The molecule has 34 heavy (non-hydrogen) atoms. The Bertz CT molecular complexity index is 703. The average molecular weight is 475 g/mol. The monoisotopic (exact) mass is 474 g/mol. The summed E-state index contributed by atoms with van der Waals surface area (Å²) < 4.78 is 5.57. The minimum absolute atomic E-state index is 0.0256. The topological polar surface area (TPSA) is 46.5 Å². The molecule has 196 valence electrons. The van der Waals surface area contributed by atoms with Gasteiger partial charge in [0.25, 0.3) is 0 Å². The third-order valence-electron chi connectivity index (χ3n) is 12.3. The van der Waals surface area contributed by atoms with Crippen molar-refractivity contribution in [3.63, 3.8) is 0 Å². The van der Waals surface area contributed by atoms with E-state index in [-0.39, 0.29) is 6.10 Å². The normalized spacial score (nSPS) is 43.5. The van der Waals surface area contributed by atoms with Gasteiger partial charge in [0.05, 0.1) is 0 Å². The van der Waals surface area contributed by atoms with E-state index >= 15 is 0 Å². The van der Waals surface area contributed by atoms with E-state index in [9.17, 15) is 4.79 Å². The van der Waals surface area contributed by atoms with E-state index in [4.69, 9.17) is 9.84 Å². The van der Waals surface area contributed by atoms with Gasteiger partial charge in [-0.25, -0.2) is 4.79 Å². The summed E-state index contributed by atoms with van der Waals surface area (Å²) in [6.45, 7) is 14.6. The van der Waals surface area contributed by atoms with Gasteiger partial charge >= 0.3 is 5.97 Å². The Kier molecular flexibility index (Phi) is 8.12. The first-order chi connectivity index (χ1) is 16.1. The molecule has 0 aliphatic heterocycles. The number of hydrogen-bond acceptors (Lipinski definition) is 3. The lowest BCUT2D eigenvalue weighted by Gasteiger charge is -2.61. The lowest BCUT2D eigenvalue weighted by molar-refractivity contribution is -0.165. The van der Waals surface area contributed by atoms with Crippen LogP contribution in [0.15, 0.2) is 0 Å². The Morgan fingerprint density at radius 2 is 1.65 bits per heavy atom. The molecule has 1 N–H and O–H groups in total. The molecule has 0 aromatic rings. The molecule has 0 spiro atoms. The van der Waals surface area contributed by atoms with Crippen LogP contribution in [0.4, 0.5) is 0 Å². The van der Waals surface area contributed by atoms with Gasteiger partial charge < -0.3 is 9.84 Å². The van der Waals surface area contributed by atoms with Gasteiger partial charge in [-0.05, 0) is 122 Å². The third kappa shape index (κ3) is 4.73. The molecule has 4 rings (SSSR count). The molecule has 3 heteroatoms. The average Bonchev–Trinajstić information content (AvgIpc) is 3.16. The Morgan fingerprint density at radius 3 is 2.32 bits per heavy atom. The molecule has 4 saturated carbocycles. The second-order valence-electron chi connectivity index (χ2n) is 13.9. The summed E-state index contributed by atoms with van der Waals surface area (Å²) in [5.41, 5.74) is 0.971. The van der Waals surface area contributed by atoms with E-state index in [1.54, 1.807) is 0 Å². The zero-order chi connectivity index (χ0) is 24.7. The minimum Gasteiger partial charge on any atom is -0.461 e. The van der Waals surface area contributed by atoms with Crippen LogP contribution in [0.1, 0.15) is 119 Å². The van der Waals surface area contributed by atoms with Crippen LogP contribution in [0.2, 0.25) is 0 Å². The molecule has 4 aliphatic rings.